The van der Waals surface area contributed by atoms with Gasteiger partial charge < -0.3 is 18.9 Å². The number of hydrogen-bond acceptors (Lipinski definition) is 7. The van der Waals surface area contributed by atoms with E-state index in [1.54, 1.807) is 7.11 Å². The zero-order valence-electron chi connectivity index (χ0n) is 22.0. The van der Waals surface area contributed by atoms with Crippen molar-refractivity contribution in [2.24, 2.45) is 10.2 Å². The minimum atomic E-state index is -3.94. The van der Waals surface area contributed by atoms with E-state index in [2.05, 4.69) is 10.2 Å². The van der Waals surface area contributed by atoms with Crippen molar-refractivity contribution >= 4 is 19.2 Å². The van der Waals surface area contributed by atoms with Gasteiger partial charge in [0.15, 0.2) is 0 Å². The summed E-state index contributed by atoms with van der Waals surface area (Å²) in [5, 5.41) is 8.47. The molecule has 2 aromatic carbocycles. The number of ether oxygens (including phenoxy) is 2. The molecule has 0 radical (unpaired) electrons. The fourth-order valence-electron chi connectivity index (χ4n) is 3.12. The van der Waals surface area contributed by atoms with Crippen LogP contribution in [0.25, 0.3) is 0 Å². The monoisotopic (exact) mass is 522 g/mol. The van der Waals surface area contributed by atoms with Crippen LogP contribution in [0.3, 0.4) is 0 Å². The molecule has 9 nitrogen and oxygen atoms in total. The summed E-state index contributed by atoms with van der Waals surface area (Å²) >= 11 is 0. The second kappa shape index (κ2) is 15.7. The molecule has 36 heavy (non-hydrogen) atoms. The summed E-state index contributed by atoms with van der Waals surface area (Å²) in [7, 11) is 3.67. The molecule has 0 spiro atoms. The predicted molar refractivity (Wildman–Crippen MR) is 141 cm³/mol. The molecule has 0 saturated carbocycles. The van der Waals surface area contributed by atoms with Crippen LogP contribution in [-0.2, 0) is 13.6 Å². The lowest BCUT2D eigenvalue weighted by atomic mass is 10.1. The van der Waals surface area contributed by atoms with Crippen LogP contribution in [0.4, 0.5) is 11.4 Å². The molecule has 0 aliphatic carbocycles. The van der Waals surface area contributed by atoms with E-state index in [4.69, 9.17) is 18.5 Å². The first-order chi connectivity index (χ1) is 17.2. The fraction of sp³-hybridized carbons (Fsp3) is 0.538. The Hall–Kier alpha value is -2.29. The van der Waals surface area contributed by atoms with E-state index in [9.17, 15) is 9.46 Å². The highest BCUT2D eigenvalue weighted by molar-refractivity contribution is 7.47. The number of methoxy groups -OCH3 is 1. The van der Waals surface area contributed by atoms with Gasteiger partial charge in [0.25, 0.3) is 0 Å². The number of rotatable bonds is 18. The van der Waals surface area contributed by atoms with Crippen LogP contribution < -0.4 is 9.47 Å². The Balaban J connectivity index is 1.49. The third kappa shape index (κ3) is 13.7. The Morgan fingerprint density at radius 1 is 0.722 bits per heavy atom. The summed E-state index contributed by atoms with van der Waals surface area (Å²) in [6, 6.07) is 15.0. The highest BCUT2D eigenvalue weighted by Gasteiger charge is 2.21. The summed E-state index contributed by atoms with van der Waals surface area (Å²) < 4.78 is 33.5. The maximum atomic E-state index is 11.8. The van der Waals surface area contributed by atoms with Crippen molar-refractivity contribution in [1.82, 2.24) is 0 Å². The predicted octanol–water partition coefficient (Wildman–Crippen LogP) is 6.67. The van der Waals surface area contributed by atoms with E-state index in [0.717, 1.165) is 61.4 Å². The summed E-state index contributed by atoms with van der Waals surface area (Å²) in [5.74, 6) is 1.60. The molecule has 0 amide bonds. The van der Waals surface area contributed by atoms with E-state index in [0.29, 0.717) is 17.6 Å². The first kappa shape index (κ1) is 29.9. The third-order valence-corrected chi connectivity index (χ3v) is 6.29. The summed E-state index contributed by atoms with van der Waals surface area (Å²) in [6.07, 6.45) is 5.87. The minimum absolute atomic E-state index is 0.194. The van der Waals surface area contributed by atoms with Gasteiger partial charge in [0.05, 0.1) is 52.8 Å². The number of phosphoric acid groups is 1. The van der Waals surface area contributed by atoms with Crippen LogP contribution in [0.2, 0.25) is 0 Å². The lowest BCUT2D eigenvalue weighted by Gasteiger charge is -2.24. The number of benzene rings is 2. The van der Waals surface area contributed by atoms with Crippen molar-refractivity contribution < 1.29 is 32.5 Å². The van der Waals surface area contributed by atoms with Gasteiger partial charge >= 0.3 is 7.82 Å². The molecule has 1 N–H and O–H groups in total. The number of quaternary nitrogens is 1. The normalized spacial score (nSPS) is 13.6. The summed E-state index contributed by atoms with van der Waals surface area (Å²) in [6.45, 7) is 1.73. The second-order valence-corrected chi connectivity index (χ2v) is 11.0. The highest BCUT2D eigenvalue weighted by Crippen LogP contribution is 2.43. The molecule has 0 saturated heterocycles. The molecule has 0 aliphatic rings. The maximum Gasteiger partial charge on any atom is 0.472 e. The maximum absolute atomic E-state index is 11.8. The van der Waals surface area contributed by atoms with Crippen molar-refractivity contribution in [3.05, 3.63) is 48.5 Å². The Kier molecular flexibility index (Phi) is 13.1. The number of azo groups is 1. The molecule has 1 unspecified atom stereocenters. The van der Waals surface area contributed by atoms with E-state index in [1.165, 1.54) is 0 Å². The van der Waals surface area contributed by atoms with E-state index in [-0.39, 0.29) is 13.2 Å². The van der Waals surface area contributed by atoms with E-state index < -0.39 is 7.82 Å². The summed E-state index contributed by atoms with van der Waals surface area (Å²) in [4.78, 5) is 9.69. The first-order valence-corrected chi connectivity index (χ1v) is 13.9. The zero-order valence-corrected chi connectivity index (χ0v) is 22.9. The molecule has 200 valence electrons. The van der Waals surface area contributed by atoms with Gasteiger partial charge in [-0.05, 0) is 61.4 Å². The van der Waals surface area contributed by atoms with Crippen LogP contribution in [0.5, 0.6) is 11.5 Å². The Morgan fingerprint density at radius 2 is 1.19 bits per heavy atom. The zero-order chi connectivity index (χ0) is 26.3. The smallest absolute Gasteiger partial charge is 0.472 e. The topological polar surface area (TPSA) is 98.9 Å². The van der Waals surface area contributed by atoms with Crippen LogP contribution in [0.15, 0.2) is 58.8 Å². The van der Waals surface area contributed by atoms with Gasteiger partial charge in [-0.15, -0.1) is 0 Å². The molecule has 0 bridgehead atoms. The molecular weight excluding hydrogens is 481 g/mol. The third-order valence-electron chi connectivity index (χ3n) is 5.27. The van der Waals surface area contributed by atoms with Crippen LogP contribution in [0, 0.1) is 0 Å². The van der Waals surface area contributed by atoms with Crippen molar-refractivity contribution in [3.63, 3.8) is 0 Å². The Morgan fingerprint density at radius 3 is 1.72 bits per heavy atom. The van der Waals surface area contributed by atoms with Gasteiger partial charge in [-0.3, -0.25) is 9.05 Å². The standard InChI is InChI=1S/C26H40N3O6P/c1-29(2,3)19-22-35-36(30,31)34-21-10-8-6-5-7-9-20-33-26-17-13-24(14-18-26)28-27-23-11-15-25(32-4)16-12-23/h11-18H,5-10,19-22H2,1-4H3/p+1. The number of phosphoric ester groups is 1. The van der Waals surface area contributed by atoms with Crippen molar-refractivity contribution in [3.8, 4) is 11.5 Å². The molecule has 0 fully saturated rings. The van der Waals surface area contributed by atoms with Gasteiger partial charge in [0, 0.05) is 0 Å². The highest BCUT2D eigenvalue weighted by atomic mass is 31.2. The Labute approximate surface area is 215 Å². The van der Waals surface area contributed by atoms with Crippen LogP contribution in [0.1, 0.15) is 38.5 Å². The Bertz CT molecular complexity index is 946. The van der Waals surface area contributed by atoms with Gasteiger partial charge in [-0.25, -0.2) is 4.57 Å². The largest absolute Gasteiger partial charge is 0.497 e. The van der Waals surface area contributed by atoms with Gasteiger partial charge in [0.1, 0.15) is 24.7 Å². The lowest BCUT2D eigenvalue weighted by Crippen LogP contribution is -2.37. The average molecular weight is 523 g/mol. The molecular formula is C26H41N3O6P+. The molecule has 0 aromatic heterocycles. The number of unbranched alkanes of at least 4 members (excludes halogenated alkanes) is 5. The molecule has 10 heteroatoms. The average Bonchev–Trinajstić information content (AvgIpc) is 2.84. The lowest BCUT2D eigenvalue weighted by molar-refractivity contribution is -0.870. The first-order valence-electron chi connectivity index (χ1n) is 12.4. The molecule has 0 aliphatic heterocycles. The number of hydrogen-bond donors (Lipinski definition) is 1. The van der Waals surface area contributed by atoms with Crippen molar-refractivity contribution in [1.29, 1.82) is 0 Å². The number of likely N-dealkylation sites (N-methyl/N-ethyl adjacent to an activating group) is 1. The van der Waals surface area contributed by atoms with E-state index >= 15 is 0 Å². The quantitative estimate of drug-likeness (QED) is 0.102. The van der Waals surface area contributed by atoms with Crippen molar-refractivity contribution in [2.45, 2.75) is 38.5 Å². The fourth-order valence-corrected chi connectivity index (χ4v) is 3.87. The van der Waals surface area contributed by atoms with Gasteiger partial charge in [-0.2, -0.15) is 10.2 Å². The molecule has 1 atom stereocenters. The van der Waals surface area contributed by atoms with Crippen LogP contribution in [-0.4, -0.2) is 64.0 Å². The molecule has 2 rings (SSSR count). The SMILES string of the molecule is COc1ccc(N=Nc2ccc(OCCCCCCCCOP(=O)(O)OCC[N+](C)(C)C)cc2)cc1. The van der Waals surface area contributed by atoms with Gasteiger partial charge in [-0.1, -0.05) is 25.7 Å². The van der Waals surface area contributed by atoms with Gasteiger partial charge in [0.2, 0.25) is 0 Å². The van der Waals surface area contributed by atoms with Crippen molar-refractivity contribution in [2.75, 3.05) is 54.6 Å². The van der Waals surface area contributed by atoms with Crippen LogP contribution >= 0.6 is 7.82 Å². The summed E-state index contributed by atoms with van der Waals surface area (Å²) in [5.41, 5.74) is 1.52. The van der Waals surface area contributed by atoms with E-state index in [1.807, 2.05) is 69.7 Å². The molecule has 2 aromatic rings. The second-order valence-electron chi connectivity index (χ2n) is 9.51. The molecule has 0 heterocycles. The number of nitrogens with zero attached hydrogens (tertiary/aromatic N) is 3. The minimum Gasteiger partial charge on any atom is -0.497 e.